The first-order valence-electron chi connectivity index (χ1n) is 5.02. The molecule has 0 bridgehead atoms. The number of rotatable bonds is 2. The molecular weight excluding hydrogens is 192 g/mol. The maximum absolute atomic E-state index is 11.3. The number of carbonyl (C=O) groups excluding carboxylic acids is 1. The number of hydrogen-bond acceptors (Lipinski definition) is 4. The van der Waals surface area contributed by atoms with Crippen molar-refractivity contribution in [2.45, 2.75) is 12.5 Å². The fourth-order valence-corrected chi connectivity index (χ4v) is 1.93. The Morgan fingerprint density at radius 3 is 2.93 bits per heavy atom. The van der Waals surface area contributed by atoms with Gasteiger partial charge in [-0.05, 0) is 24.1 Å². The van der Waals surface area contributed by atoms with Gasteiger partial charge in [0, 0.05) is 25.0 Å². The van der Waals surface area contributed by atoms with E-state index in [-0.39, 0.29) is 17.9 Å². The third-order valence-electron chi connectivity index (χ3n) is 2.77. The highest BCUT2D eigenvalue weighted by molar-refractivity contribution is 5.73. The fraction of sp³-hybridized carbons (Fsp3) is 0.455. The lowest BCUT2D eigenvalue weighted by Crippen LogP contribution is -2.19. The number of methoxy groups -OCH3 is 1. The molecule has 80 valence electrons. The van der Waals surface area contributed by atoms with E-state index in [2.05, 4.69) is 10.3 Å². The first-order chi connectivity index (χ1) is 7.31. The van der Waals surface area contributed by atoms with E-state index >= 15 is 0 Å². The predicted molar refractivity (Wildman–Crippen MR) is 55.1 cm³/mol. The van der Waals surface area contributed by atoms with Gasteiger partial charge in [-0.15, -0.1) is 0 Å². The maximum Gasteiger partial charge on any atom is 0.310 e. The van der Waals surface area contributed by atoms with Gasteiger partial charge >= 0.3 is 5.97 Å². The summed E-state index contributed by atoms with van der Waals surface area (Å²) in [6.07, 6.45) is 4.33. The molecule has 2 rings (SSSR count). The van der Waals surface area contributed by atoms with Gasteiger partial charge in [0.1, 0.15) is 0 Å². The van der Waals surface area contributed by atoms with Gasteiger partial charge in [0.2, 0.25) is 0 Å². The fourth-order valence-electron chi connectivity index (χ4n) is 1.93. The Balaban J connectivity index is 2.02. The second kappa shape index (κ2) is 4.40. The van der Waals surface area contributed by atoms with Gasteiger partial charge in [-0.25, -0.2) is 0 Å². The van der Waals surface area contributed by atoms with E-state index in [0.29, 0.717) is 6.54 Å². The Hall–Kier alpha value is -1.42. The minimum Gasteiger partial charge on any atom is -0.469 e. The molecule has 0 spiro atoms. The summed E-state index contributed by atoms with van der Waals surface area (Å²) in [5.41, 5.74) is 1.18. The van der Waals surface area contributed by atoms with Crippen LogP contribution in [0.3, 0.4) is 0 Å². The number of esters is 1. The second-order valence-electron chi connectivity index (χ2n) is 3.70. The third-order valence-corrected chi connectivity index (χ3v) is 2.77. The Labute approximate surface area is 88.7 Å². The second-order valence-corrected chi connectivity index (χ2v) is 3.70. The molecule has 1 saturated heterocycles. The topological polar surface area (TPSA) is 51.2 Å². The number of ether oxygens (including phenoxy) is 1. The minimum absolute atomic E-state index is 0.0202. The summed E-state index contributed by atoms with van der Waals surface area (Å²) in [5, 5.41) is 3.31. The summed E-state index contributed by atoms with van der Waals surface area (Å²) >= 11 is 0. The van der Waals surface area contributed by atoms with Crippen molar-refractivity contribution in [1.29, 1.82) is 0 Å². The quantitative estimate of drug-likeness (QED) is 0.731. The van der Waals surface area contributed by atoms with Gasteiger partial charge in [0.25, 0.3) is 0 Å². The zero-order valence-corrected chi connectivity index (χ0v) is 8.64. The number of aromatic nitrogens is 1. The zero-order valence-electron chi connectivity index (χ0n) is 8.64. The van der Waals surface area contributed by atoms with E-state index in [0.717, 1.165) is 6.42 Å². The molecule has 0 aliphatic carbocycles. The standard InChI is InChI=1S/C11H14N2O2/c1-15-11(14)9-6-10(13-7-9)8-2-4-12-5-3-8/h2-5,9-10,13H,6-7H2,1H3. The first-order valence-corrected chi connectivity index (χ1v) is 5.02. The van der Waals surface area contributed by atoms with Crippen molar-refractivity contribution in [1.82, 2.24) is 10.3 Å². The van der Waals surface area contributed by atoms with Crippen molar-refractivity contribution in [3.05, 3.63) is 30.1 Å². The normalized spacial score (nSPS) is 25.1. The molecule has 1 fully saturated rings. The molecule has 1 aliphatic rings. The van der Waals surface area contributed by atoms with Crippen LogP contribution in [0.25, 0.3) is 0 Å². The molecule has 4 nitrogen and oxygen atoms in total. The number of nitrogens with zero attached hydrogens (tertiary/aromatic N) is 1. The molecule has 0 saturated carbocycles. The molecule has 2 unspecified atom stereocenters. The van der Waals surface area contributed by atoms with E-state index in [9.17, 15) is 4.79 Å². The molecule has 1 aromatic heterocycles. The van der Waals surface area contributed by atoms with E-state index in [1.807, 2.05) is 12.1 Å². The van der Waals surface area contributed by atoms with Crippen molar-refractivity contribution < 1.29 is 9.53 Å². The van der Waals surface area contributed by atoms with Crippen LogP contribution in [0.4, 0.5) is 0 Å². The van der Waals surface area contributed by atoms with Crippen molar-refractivity contribution in [3.8, 4) is 0 Å². The summed E-state index contributed by atoms with van der Waals surface area (Å²) in [7, 11) is 1.43. The van der Waals surface area contributed by atoms with E-state index < -0.39 is 0 Å². The molecule has 1 N–H and O–H groups in total. The van der Waals surface area contributed by atoms with Crippen LogP contribution in [-0.4, -0.2) is 24.6 Å². The smallest absolute Gasteiger partial charge is 0.310 e. The van der Waals surface area contributed by atoms with Crippen molar-refractivity contribution in [2.75, 3.05) is 13.7 Å². The lowest BCUT2D eigenvalue weighted by Gasteiger charge is -2.09. The van der Waals surface area contributed by atoms with E-state index in [4.69, 9.17) is 4.74 Å². The summed E-state index contributed by atoms with van der Waals surface area (Å²) in [6.45, 7) is 0.694. The van der Waals surface area contributed by atoms with E-state index in [1.165, 1.54) is 12.7 Å². The molecule has 0 amide bonds. The predicted octanol–water partition coefficient (Wildman–Crippen LogP) is 0.905. The molecule has 0 radical (unpaired) electrons. The maximum atomic E-state index is 11.3. The zero-order chi connectivity index (χ0) is 10.7. The van der Waals surface area contributed by atoms with Gasteiger partial charge in [0.05, 0.1) is 13.0 Å². The highest BCUT2D eigenvalue weighted by Gasteiger charge is 2.30. The molecule has 1 aromatic rings. The largest absolute Gasteiger partial charge is 0.469 e. The van der Waals surface area contributed by atoms with Crippen LogP contribution >= 0.6 is 0 Å². The number of hydrogen-bond donors (Lipinski definition) is 1. The molecular formula is C11H14N2O2. The summed E-state index contributed by atoms with van der Waals surface area (Å²) in [6, 6.07) is 4.19. The highest BCUT2D eigenvalue weighted by Crippen LogP contribution is 2.27. The average Bonchev–Trinajstić information content (AvgIpc) is 2.78. The Morgan fingerprint density at radius 1 is 1.53 bits per heavy atom. The lowest BCUT2D eigenvalue weighted by molar-refractivity contribution is -0.144. The summed E-state index contributed by atoms with van der Waals surface area (Å²) < 4.78 is 4.73. The molecule has 0 aromatic carbocycles. The third kappa shape index (κ3) is 2.15. The Bertz CT molecular complexity index is 340. The molecule has 4 heteroatoms. The van der Waals surface area contributed by atoms with Crippen LogP contribution in [0.2, 0.25) is 0 Å². The van der Waals surface area contributed by atoms with Crippen LogP contribution in [0, 0.1) is 5.92 Å². The molecule has 2 heterocycles. The van der Waals surface area contributed by atoms with Crippen molar-refractivity contribution in [3.63, 3.8) is 0 Å². The summed E-state index contributed by atoms with van der Waals surface area (Å²) in [4.78, 5) is 15.3. The molecule has 1 aliphatic heterocycles. The van der Waals surface area contributed by atoms with E-state index in [1.54, 1.807) is 12.4 Å². The van der Waals surface area contributed by atoms with Gasteiger partial charge < -0.3 is 10.1 Å². The molecule has 2 atom stereocenters. The monoisotopic (exact) mass is 206 g/mol. The minimum atomic E-state index is -0.126. The summed E-state index contributed by atoms with van der Waals surface area (Å²) in [5.74, 6) is -0.146. The Kier molecular flexibility index (Phi) is 2.97. The van der Waals surface area contributed by atoms with Crippen LogP contribution in [0.1, 0.15) is 18.0 Å². The van der Waals surface area contributed by atoms with Gasteiger partial charge in [-0.2, -0.15) is 0 Å². The molecule has 15 heavy (non-hydrogen) atoms. The SMILES string of the molecule is COC(=O)C1CNC(c2ccncc2)C1. The average molecular weight is 206 g/mol. The number of carbonyl (C=O) groups is 1. The van der Waals surface area contributed by atoms with Crippen LogP contribution in [-0.2, 0) is 9.53 Å². The number of nitrogens with one attached hydrogen (secondary N) is 1. The van der Waals surface area contributed by atoms with Crippen LogP contribution < -0.4 is 5.32 Å². The number of pyridine rings is 1. The van der Waals surface area contributed by atoms with Crippen LogP contribution in [0.5, 0.6) is 0 Å². The van der Waals surface area contributed by atoms with Crippen molar-refractivity contribution in [2.24, 2.45) is 5.92 Å². The van der Waals surface area contributed by atoms with Crippen molar-refractivity contribution >= 4 is 5.97 Å². The van der Waals surface area contributed by atoms with Gasteiger partial charge in [0.15, 0.2) is 0 Å². The Morgan fingerprint density at radius 2 is 2.27 bits per heavy atom. The highest BCUT2D eigenvalue weighted by atomic mass is 16.5. The lowest BCUT2D eigenvalue weighted by atomic mass is 10.0. The first kappa shape index (κ1) is 10.1. The van der Waals surface area contributed by atoms with Gasteiger partial charge in [-0.3, -0.25) is 9.78 Å². The van der Waals surface area contributed by atoms with Crippen LogP contribution in [0.15, 0.2) is 24.5 Å². The van der Waals surface area contributed by atoms with Gasteiger partial charge in [-0.1, -0.05) is 0 Å².